The maximum atomic E-state index is 15.6. The van der Waals surface area contributed by atoms with Gasteiger partial charge < -0.3 is 56.2 Å². The first-order valence-electron chi connectivity index (χ1n) is 22.5. The molecule has 5 aromatic rings. The molecular weight excluding hydrogens is 896 g/mol. The fraction of sp³-hybridized carbons (Fsp3) is 0.380. The number of halogens is 1. The number of thiazole rings is 1. The lowest BCUT2D eigenvalue weighted by molar-refractivity contribution is -0.135. The molecular formula is C50H59FN6O10S. The Bertz CT molecular complexity index is 2460. The Morgan fingerprint density at radius 2 is 1.66 bits per heavy atom. The summed E-state index contributed by atoms with van der Waals surface area (Å²) in [7, 11) is 0. The minimum atomic E-state index is -1.50. The van der Waals surface area contributed by atoms with E-state index in [2.05, 4.69) is 26.3 Å². The van der Waals surface area contributed by atoms with Gasteiger partial charge in [0.1, 0.15) is 30.3 Å². The largest absolute Gasteiger partial charge is 0.487 e. The van der Waals surface area contributed by atoms with Gasteiger partial charge in [-0.25, -0.2) is 14.2 Å². The number of hydrogen-bond acceptors (Lipinski definition) is 13. The van der Waals surface area contributed by atoms with E-state index < -0.39 is 47.3 Å². The first-order valence-corrected chi connectivity index (χ1v) is 23.3. The number of aliphatic hydroxyl groups is 1. The zero-order valence-electron chi connectivity index (χ0n) is 38.3. The van der Waals surface area contributed by atoms with E-state index in [0.717, 1.165) is 16.7 Å². The third-order valence-electron chi connectivity index (χ3n) is 11.2. The molecule has 0 fully saturated rings. The van der Waals surface area contributed by atoms with Gasteiger partial charge in [-0.3, -0.25) is 14.4 Å². The molecule has 0 saturated heterocycles. The Kier molecular flexibility index (Phi) is 18.5. The van der Waals surface area contributed by atoms with E-state index in [0.29, 0.717) is 48.0 Å². The van der Waals surface area contributed by atoms with Crippen LogP contribution in [0.1, 0.15) is 60.7 Å². The van der Waals surface area contributed by atoms with Crippen LogP contribution in [0.25, 0.3) is 11.1 Å². The summed E-state index contributed by atoms with van der Waals surface area (Å²) in [4.78, 5) is 54.6. The topological polar surface area (TPSA) is 233 Å². The van der Waals surface area contributed by atoms with Crippen LogP contribution in [-0.2, 0) is 42.2 Å². The molecule has 6 rings (SSSR count). The second kappa shape index (κ2) is 24.7. The number of nitrogens with one attached hydrogen (secondary N) is 4. The summed E-state index contributed by atoms with van der Waals surface area (Å²) in [6.45, 7) is 7.55. The summed E-state index contributed by atoms with van der Waals surface area (Å²) in [5.41, 5.74) is 8.84. The Morgan fingerprint density at radius 3 is 2.35 bits per heavy atom. The number of carboxylic acid groups (broad SMARTS) is 1. The maximum Gasteiger partial charge on any atom is 0.335 e. The molecule has 1 aliphatic rings. The first kappa shape index (κ1) is 51.1. The van der Waals surface area contributed by atoms with Crippen LogP contribution >= 0.6 is 11.3 Å². The van der Waals surface area contributed by atoms with Crippen LogP contribution in [0.3, 0.4) is 0 Å². The van der Waals surface area contributed by atoms with Crippen molar-refractivity contribution in [3.05, 3.63) is 125 Å². The summed E-state index contributed by atoms with van der Waals surface area (Å²) < 4.78 is 39.6. The molecule has 4 aromatic carbocycles. The van der Waals surface area contributed by atoms with Gasteiger partial charge in [0.05, 0.1) is 32.0 Å². The fourth-order valence-electron chi connectivity index (χ4n) is 7.78. The van der Waals surface area contributed by atoms with E-state index in [4.69, 9.17) is 24.7 Å². The third kappa shape index (κ3) is 14.6. The minimum Gasteiger partial charge on any atom is -0.487 e. The maximum absolute atomic E-state index is 15.6. The molecule has 2 heterocycles. The van der Waals surface area contributed by atoms with Gasteiger partial charge in [0, 0.05) is 54.3 Å². The highest BCUT2D eigenvalue weighted by atomic mass is 32.1. The van der Waals surface area contributed by atoms with E-state index in [1.54, 1.807) is 35.8 Å². The number of aromatic carboxylic acids is 1. The minimum absolute atomic E-state index is 0.0829. The lowest BCUT2D eigenvalue weighted by Crippen LogP contribution is -2.54. The summed E-state index contributed by atoms with van der Waals surface area (Å²) >= 11 is 1.32. The number of carbonyl (C=O) groups is 4. The number of nitrogens with zero attached hydrogens (tertiary/aromatic N) is 1. The normalized spacial score (nSPS) is 15.7. The van der Waals surface area contributed by atoms with Crippen LogP contribution in [0.15, 0.2) is 96.5 Å². The Balaban J connectivity index is 1.01. The summed E-state index contributed by atoms with van der Waals surface area (Å²) in [6, 6.07) is 21.6. The molecule has 68 heavy (non-hydrogen) atoms. The number of fused-ring (bicyclic) bond motifs is 1. The van der Waals surface area contributed by atoms with E-state index >= 15 is 4.39 Å². The molecule has 0 spiro atoms. The summed E-state index contributed by atoms with van der Waals surface area (Å²) in [5.74, 6) is -2.04. The van der Waals surface area contributed by atoms with Gasteiger partial charge in [0.25, 0.3) is 5.91 Å². The van der Waals surface area contributed by atoms with Crippen LogP contribution in [-0.4, -0.2) is 103 Å². The number of anilines is 1. The van der Waals surface area contributed by atoms with Gasteiger partial charge in [-0.2, -0.15) is 0 Å². The number of aromatic nitrogens is 1. The monoisotopic (exact) mass is 954 g/mol. The number of amides is 3. The molecule has 0 aliphatic carbocycles. The number of carboxylic acids is 1. The number of rotatable bonds is 25. The van der Waals surface area contributed by atoms with Gasteiger partial charge in [0.15, 0.2) is 16.6 Å². The van der Waals surface area contributed by atoms with Crippen LogP contribution < -0.4 is 36.5 Å². The van der Waals surface area contributed by atoms with Crippen LogP contribution in [0.4, 0.5) is 9.52 Å². The van der Waals surface area contributed by atoms with Crippen LogP contribution in [0.2, 0.25) is 0 Å². The van der Waals surface area contributed by atoms with Gasteiger partial charge in [-0.1, -0.05) is 56.3 Å². The molecule has 1 aliphatic heterocycles. The zero-order valence-corrected chi connectivity index (χ0v) is 39.1. The van der Waals surface area contributed by atoms with Crippen molar-refractivity contribution in [1.82, 2.24) is 20.9 Å². The molecule has 4 atom stereocenters. The van der Waals surface area contributed by atoms with Crippen molar-refractivity contribution in [2.75, 3.05) is 51.4 Å². The molecule has 3 amide bonds. The van der Waals surface area contributed by atoms with Crippen molar-refractivity contribution in [2.45, 2.75) is 70.2 Å². The second-order valence-electron chi connectivity index (χ2n) is 17.0. The Morgan fingerprint density at radius 1 is 0.926 bits per heavy atom. The van der Waals surface area contributed by atoms with Crippen molar-refractivity contribution in [3.63, 3.8) is 0 Å². The lowest BCUT2D eigenvalue weighted by atomic mass is 9.81. The molecule has 0 saturated carbocycles. The SMILES string of the molecule is CC(C)CC(NC(=O)C(O)C(N)Cc1ccccc1)C(=O)NCCOCCOCCOc1cc2c(cc1Oc1ccc(-c3ccc(C(=O)O)cc3)c(F)c1)[C@@](C)(CC(=O)Nc1nccs1)NCC2. The molecule has 18 heteroatoms. The van der Waals surface area contributed by atoms with Gasteiger partial charge in [-0.05, 0) is 90.8 Å². The standard InChI is InChI=1S/C50H59FN6O10S/c1-31(2)25-41(56-47(61)45(59)40(52)26-32-7-5-4-6-8-32)46(60)53-17-19-64-20-21-65-22-23-66-42-27-35-15-16-55-50(3,30-44(58)57-49-54-18-24-68-49)38(35)29-43(42)67-36-13-14-37(39(51)28-36)33-9-11-34(12-10-33)48(62)63/h4-14,18,24,27-29,31,40-41,45,55,59H,15-17,19-23,25-26,30,52H2,1-3H3,(H,53,60)(H,56,61)(H,62,63)(H,54,57,58)/t40?,41?,45?,50-/m1/s1. The van der Waals surface area contributed by atoms with Gasteiger partial charge in [-0.15, -0.1) is 11.3 Å². The van der Waals surface area contributed by atoms with E-state index in [-0.39, 0.29) is 74.7 Å². The molecule has 3 unspecified atom stereocenters. The van der Waals surface area contributed by atoms with E-state index in [1.165, 1.54) is 29.5 Å². The Labute approximate surface area is 398 Å². The predicted molar refractivity (Wildman–Crippen MR) is 255 cm³/mol. The Hall–Kier alpha value is -6.28. The number of carbonyl (C=O) groups excluding carboxylic acids is 3. The van der Waals surface area contributed by atoms with Crippen LogP contribution in [0.5, 0.6) is 17.2 Å². The average molecular weight is 955 g/mol. The number of nitrogens with two attached hydrogens (primary N) is 1. The quantitative estimate of drug-likeness (QED) is 0.0343. The average Bonchev–Trinajstić information content (AvgIpc) is 3.82. The lowest BCUT2D eigenvalue weighted by Gasteiger charge is -2.37. The number of hydrogen-bond donors (Lipinski definition) is 7. The van der Waals surface area contributed by atoms with Gasteiger partial charge >= 0.3 is 5.97 Å². The van der Waals surface area contributed by atoms with Gasteiger partial charge in [0.2, 0.25) is 11.8 Å². The third-order valence-corrected chi connectivity index (χ3v) is 11.9. The highest BCUT2D eigenvalue weighted by Crippen LogP contribution is 2.42. The molecule has 8 N–H and O–H groups in total. The highest BCUT2D eigenvalue weighted by molar-refractivity contribution is 7.13. The van der Waals surface area contributed by atoms with Crippen molar-refractivity contribution < 1.29 is 52.7 Å². The number of ether oxygens (including phenoxy) is 4. The molecule has 16 nitrogen and oxygen atoms in total. The molecule has 0 bridgehead atoms. The van der Waals surface area contributed by atoms with Crippen molar-refractivity contribution in [1.29, 1.82) is 0 Å². The van der Waals surface area contributed by atoms with Crippen molar-refractivity contribution in [2.24, 2.45) is 11.7 Å². The second-order valence-corrected chi connectivity index (χ2v) is 17.9. The van der Waals surface area contributed by atoms with Crippen molar-refractivity contribution >= 4 is 40.2 Å². The fourth-order valence-corrected chi connectivity index (χ4v) is 8.32. The van der Waals surface area contributed by atoms with Crippen LogP contribution in [0, 0.1) is 11.7 Å². The molecule has 362 valence electrons. The predicted octanol–water partition coefficient (Wildman–Crippen LogP) is 5.82. The smallest absolute Gasteiger partial charge is 0.335 e. The zero-order chi connectivity index (χ0) is 48.6. The summed E-state index contributed by atoms with van der Waals surface area (Å²) in [5, 5.41) is 33.9. The van der Waals surface area contributed by atoms with E-state index in [9.17, 15) is 29.4 Å². The van der Waals surface area contributed by atoms with E-state index in [1.807, 2.05) is 63.2 Å². The van der Waals surface area contributed by atoms with Crippen molar-refractivity contribution in [3.8, 4) is 28.4 Å². The molecule has 0 radical (unpaired) electrons. The number of benzene rings is 4. The summed E-state index contributed by atoms with van der Waals surface area (Å²) in [6.07, 6.45) is 1.52. The number of aliphatic hydroxyl groups excluding tert-OH is 1. The molecule has 1 aromatic heterocycles. The highest BCUT2D eigenvalue weighted by Gasteiger charge is 2.36. The first-order chi connectivity index (χ1) is 32.7.